The van der Waals surface area contributed by atoms with Crippen LogP contribution in [0.1, 0.15) is 0 Å². The molecule has 0 aliphatic carbocycles. The molecule has 0 spiro atoms. The van der Waals surface area contributed by atoms with Gasteiger partial charge < -0.3 is 0 Å². The van der Waals surface area contributed by atoms with Crippen LogP contribution in [0.5, 0.6) is 0 Å². The average Bonchev–Trinajstić information content (AvgIpc) is 0.811. The molecule has 0 N–H and O–H groups in total. The fraction of sp³-hybridized carbons (Fsp3) is 0. The Morgan fingerprint density at radius 2 is 2.00 bits per heavy atom. The molecule has 0 aromatic heterocycles. The molecule has 4 heteroatoms. The maximum atomic E-state index is 10.4. The van der Waals surface area contributed by atoms with E-state index in [1.807, 2.05) is 0 Å². The molecule has 0 aromatic carbocycles. The summed E-state index contributed by atoms with van der Waals surface area (Å²) in [4.78, 5) is 0. The molecule has 0 rings (SSSR count). The first kappa shape index (κ1) is 4.73. The molecule has 0 saturated heterocycles. The van der Waals surface area contributed by atoms with E-state index in [0.717, 1.165) is 0 Å². The zero-order valence-corrected chi connectivity index (χ0v) is 3.98. The minimum absolute atomic E-state index is 3.61. The molecule has 0 aliphatic heterocycles. The quantitative estimate of drug-likeness (QED) is 0.434. The van der Waals surface area contributed by atoms with Gasteiger partial charge in [0.05, 0.1) is 0 Å². The Kier molecular flexibility index (Phi) is 2.37. The van der Waals surface area contributed by atoms with Crippen molar-refractivity contribution in [2.45, 2.75) is 0 Å². The van der Waals surface area contributed by atoms with Crippen molar-refractivity contribution in [3.8, 4) is 0 Å². The average molecular weight is 118 g/mol. The third-order valence-electron chi connectivity index (χ3n) is 0. The van der Waals surface area contributed by atoms with Gasteiger partial charge in [-0.3, -0.25) is 0 Å². The Hall–Kier alpha value is 0.734. The Labute approximate surface area is 33.5 Å². The molecule has 0 aromatic rings. The summed E-state index contributed by atoms with van der Waals surface area (Å²) < 4.78 is 19.2. The van der Waals surface area contributed by atoms with Crippen molar-refractivity contribution < 1.29 is 23.7 Å². The molecule has 0 saturated carbocycles. The minimum atomic E-state index is -3.61. The van der Waals surface area contributed by atoms with Crippen LogP contribution in [0.15, 0.2) is 0 Å². The first-order valence-corrected chi connectivity index (χ1v) is 3.96. The third-order valence-corrected chi connectivity index (χ3v) is 0. The zero-order valence-electron chi connectivity index (χ0n) is 1.66. The summed E-state index contributed by atoms with van der Waals surface area (Å²) in [6.07, 6.45) is 0. The normalized spacial score (nSPS) is 6.50. The van der Waals surface area contributed by atoms with Gasteiger partial charge in [-0.2, -0.15) is 0 Å². The summed E-state index contributed by atoms with van der Waals surface area (Å²) in [6, 6.07) is 0. The van der Waals surface area contributed by atoms with Gasteiger partial charge in [-0.15, -0.1) is 0 Å². The topological polar surface area (TPSA) is 17.1 Å². The second kappa shape index (κ2) is 2.00. The molecule has 0 bridgehead atoms. The van der Waals surface area contributed by atoms with Crippen molar-refractivity contribution in [2.75, 3.05) is 0 Å². The molecule has 0 radical (unpaired) electrons. The zero-order chi connectivity index (χ0) is 3.58. The molecule has 4 heavy (non-hydrogen) atoms. The van der Waals surface area contributed by atoms with Gasteiger partial charge in [-0.05, 0) is 0 Å². The Balaban J connectivity index is 2.80. The summed E-state index contributed by atoms with van der Waals surface area (Å²) in [5.41, 5.74) is 0. The first-order chi connectivity index (χ1) is 1.73. The monoisotopic (exact) mass is 118 g/mol. The summed E-state index contributed by atoms with van der Waals surface area (Å²) in [7, 11) is 4.22. The third kappa shape index (κ3) is 15.3. The second-order valence-electron chi connectivity index (χ2n) is 0.226. The maximum absolute atomic E-state index is 10.4. The van der Waals surface area contributed by atoms with Crippen LogP contribution in [0.4, 0.5) is 3.09 Å². The van der Waals surface area contributed by atoms with Gasteiger partial charge in [0.2, 0.25) is 0 Å². The number of hydrogen-bond acceptors (Lipinski definition) is 1. The van der Waals surface area contributed by atoms with E-state index >= 15 is 0 Å². The molecule has 0 unspecified atom stereocenters. The van der Waals surface area contributed by atoms with Crippen molar-refractivity contribution in [2.24, 2.45) is 0 Å². The predicted molar refractivity (Wildman–Crippen MR) is 7.65 cm³/mol. The fourth-order valence-electron chi connectivity index (χ4n) is 0. The summed E-state index contributed by atoms with van der Waals surface area (Å²) in [5, 5.41) is 0. The summed E-state index contributed by atoms with van der Waals surface area (Å²) in [5.74, 6) is 0. The van der Waals surface area contributed by atoms with Gasteiger partial charge in [0.25, 0.3) is 0 Å². The Bertz CT molecular complexity index is 31.0. The van der Waals surface area contributed by atoms with E-state index in [1.165, 1.54) is 0 Å². The van der Waals surface area contributed by atoms with Gasteiger partial charge in [-0.25, -0.2) is 0 Å². The van der Waals surface area contributed by atoms with Crippen LogP contribution in [0.25, 0.3) is 0 Å². The van der Waals surface area contributed by atoms with E-state index in [9.17, 15) is 3.09 Å². The fourth-order valence-corrected chi connectivity index (χ4v) is 0. The van der Waals surface area contributed by atoms with Gasteiger partial charge in [-0.1, -0.05) is 0 Å². The molecule has 0 heterocycles. The van der Waals surface area contributed by atoms with E-state index in [2.05, 4.69) is 9.30 Å². The van der Waals surface area contributed by atoms with E-state index in [-0.39, 0.29) is 0 Å². The van der Waals surface area contributed by atoms with Crippen molar-refractivity contribution in [3.05, 3.63) is 0 Å². The molecular weight excluding hydrogens is 118 g/mol. The van der Waals surface area contributed by atoms with Crippen LogP contribution < -0.4 is 0 Å². The molecule has 0 atom stereocenters. The van der Waals surface area contributed by atoms with Crippen LogP contribution >= 0.6 is 9.30 Å². The SMILES string of the molecule is [O]=[Ti]([F])[Cl]. The van der Waals surface area contributed by atoms with Crippen LogP contribution in [-0.4, -0.2) is 0 Å². The molecule has 0 aliphatic rings. The first-order valence-electron chi connectivity index (χ1n) is 0.582. The standard InChI is InChI=1S/ClH.FH.O.Ti/h2*1H;;/q;;;+2/p-2. The van der Waals surface area contributed by atoms with Crippen molar-refractivity contribution >= 4 is 9.30 Å². The molecule has 24 valence electrons. The van der Waals surface area contributed by atoms with Gasteiger partial charge in [0.1, 0.15) is 0 Å². The number of hydrogen-bond donors (Lipinski definition) is 0. The molecule has 0 amide bonds. The Morgan fingerprint density at radius 3 is 2.00 bits per heavy atom. The Morgan fingerprint density at radius 1 is 2.00 bits per heavy atom. The molecular formula is ClFOTi. The van der Waals surface area contributed by atoms with E-state index in [4.69, 9.17) is 3.32 Å². The summed E-state index contributed by atoms with van der Waals surface area (Å²) in [6.45, 7) is 0. The summed E-state index contributed by atoms with van der Waals surface area (Å²) >= 11 is -3.61. The van der Waals surface area contributed by atoms with Crippen LogP contribution in [-0.2, 0) is 20.6 Å². The van der Waals surface area contributed by atoms with Gasteiger partial charge in [0.15, 0.2) is 0 Å². The van der Waals surface area contributed by atoms with Crippen molar-refractivity contribution in [1.82, 2.24) is 0 Å². The van der Waals surface area contributed by atoms with Crippen molar-refractivity contribution in [1.29, 1.82) is 0 Å². The van der Waals surface area contributed by atoms with Crippen LogP contribution in [0, 0.1) is 0 Å². The second-order valence-corrected chi connectivity index (χ2v) is 2.16. The van der Waals surface area contributed by atoms with E-state index < -0.39 is 17.3 Å². The van der Waals surface area contributed by atoms with Crippen molar-refractivity contribution in [3.63, 3.8) is 0 Å². The van der Waals surface area contributed by atoms with Gasteiger partial charge in [0, 0.05) is 0 Å². The number of rotatable bonds is 0. The predicted octanol–water partition coefficient (Wildman–Crippen LogP) is 0.988. The van der Waals surface area contributed by atoms with Crippen LogP contribution in [0.3, 0.4) is 0 Å². The van der Waals surface area contributed by atoms with Crippen LogP contribution in [0.2, 0.25) is 0 Å². The van der Waals surface area contributed by atoms with E-state index in [0.29, 0.717) is 0 Å². The number of halogens is 2. The van der Waals surface area contributed by atoms with E-state index in [1.54, 1.807) is 0 Å². The van der Waals surface area contributed by atoms with Gasteiger partial charge >= 0.3 is 33.0 Å². The molecule has 1 nitrogen and oxygen atoms in total. The molecule has 0 fully saturated rings.